The molecule has 3 N–H and O–H groups in total. The lowest BCUT2D eigenvalue weighted by Gasteiger charge is -2.27. The van der Waals surface area contributed by atoms with Gasteiger partial charge in [-0.1, -0.05) is 13.3 Å². The summed E-state index contributed by atoms with van der Waals surface area (Å²) in [6.07, 6.45) is 0.644. The zero-order chi connectivity index (χ0) is 25.8. The third-order valence-electron chi connectivity index (χ3n) is 5.86. The number of aromatic nitrogens is 2. The van der Waals surface area contributed by atoms with Crippen molar-refractivity contribution in [2.24, 2.45) is 5.73 Å². The maximum atomic E-state index is 12.7. The van der Waals surface area contributed by atoms with Crippen LogP contribution in [0.5, 0.6) is 17.4 Å². The molecule has 1 amide bonds. The van der Waals surface area contributed by atoms with Crippen molar-refractivity contribution in [3.8, 4) is 23.4 Å². The Labute approximate surface area is 206 Å². The lowest BCUT2D eigenvalue weighted by atomic mass is 9.83. The SMILES string of the molecule is CCCc1[nH]nc2c1C(c1cc(OCC)c(OC(=O)N3CCOCC3)c([N+](=O)[O-])c1)C(C#N)=C(N)O2. The van der Waals surface area contributed by atoms with E-state index in [0.717, 1.165) is 12.1 Å². The van der Waals surface area contributed by atoms with Gasteiger partial charge in [-0.25, -0.2) is 4.79 Å². The number of nitrogens with two attached hydrogens (primary N) is 1. The predicted octanol–water partition coefficient (Wildman–Crippen LogP) is 2.72. The molecule has 1 aromatic carbocycles. The van der Waals surface area contributed by atoms with E-state index in [1.165, 1.54) is 17.0 Å². The van der Waals surface area contributed by atoms with Crippen molar-refractivity contribution in [1.29, 1.82) is 5.26 Å². The van der Waals surface area contributed by atoms with Gasteiger partial charge >= 0.3 is 11.8 Å². The number of nitro benzene ring substituents is 1. The number of nitrogens with zero attached hydrogens (tertiary/aromatic N) is 4. The van der Waals surface area contributed by atoms with Crippen LogP contribution in [0.25, 0.3) is 0 Å². The van der Waals surface area contributed by atoms with Crippen molar-refractivity contribution < 1.29 is 28.7 Å². The molecule has 1 saturated heterocycles. The number of aromatic amines is 1. The lowest BCUT2D eigenvalue weighted by molar-refractivity contribution is -0.385. The molecule has 0 bridgehead atoms. The summed E-state index contributed by atoms with van der Waals surface area (Å²) in [5.41, 5.74) is 7.25. The van der Waals surface area contributed by atoms with Crippen LogP contribution in [0.15, 0.2) is 23.6 Å². The van der Waals surface area contributed by atoms with Gasteiger partial charge in [-0.15, -0.1) is 5.10 Å². The molecule has 2 aliphatic heterocycles. The number of aryl methyl sites for hydroxylation is 1. The predicted molar refractivity (Wildman–Crippen MR) is 125 cm³/mol. The molecule has 1 unspecified atom stereocenters. The minimum atomic E-state index is -0.805. The first-order valence-corrected chi connectivity index (χ1v) is 11.5. The van der Waals surface area contributed by atoms with Crippen LogP contribution in [-0.4, -0.2) is 59.0 Å². The summed E-state index contributed by atoms with van der Waals surface area (Å²) in [4.78, 5) is 25.6. The fraction of sp³-hybridized carbons (Fsp3) is 0.435. The maximum Gasteiger partial charge on any atom is 0.415 e. The Bertz CT molecular complexity index is 1240. The Balaban J connectivity index is 1.85. The Morgan fingerprint density at radius 2 is 2.14 bits per heavy atom. The van der Waals surface area contributed by atoms with E-state index in [1.807, 2.05) is 6.92 Å². The molecule has 0 saturated carbocycles. The third kappa shape index (κ3) is 4.63. The number of allylic oxidation sites excluding steroid dienone is 1. The second kappa shape index (κ2) is 10.5. The molecule has 0 spiro atoms. The summed E-state index contributed by atoms with van der Waals surface area (Å²) in [5, 5.41) is 29.1. The fourth-order valence-electron chi connectivity index (χ4n) is 4.26. The van der Waals surface area contributed by atoms with Gasteiger partial charge in [0.25, 0.3) is 5.75 Å². The number of hydrogen-bond acceptors (Lipinski definition) is 10. The molecule has 2 aliphatic rings. The molecular weight excluding hydrogens is 472 g/mol. The molecule has 13 nitrogen and oxygen atoms in total. The monoisotopic (exact) mass is 498 g/mol. The number of nitro groups is 1. The molecule has 3 heterocycles. The van der Waals surface area contributed by atoms with E-state index in [2.05, 4.69) is 16.3 Å². The number of carbonyl (C=O) groups is 1. The third-order valence-corrected chi connectivity index (χ3v) is 5.86. The van der Waals surface area contributed by atoms with Gasteiger partial charge in [-0.05, 0) is 25.0 Å². The topological polar surface area (TPSA) is 179 Å². The summed E-state index contributed by atoms with van der Waals surface area (Å²) in [6, 6.07) is 4.85. The number of nitriles is 1. The van der Waals surface area contributed by atoms with E-state index < -0.39 is 22.6 Å². The molecule has 4 rings (SSSR count). The number of morpholine rings is 1. The van der Waals surface area contributed by atoms with Crippen LogP contribution in [0.4, 0.5) is 10.5 Å². The van der Waals surface area contributed by atoms with Crippen LogP contribution < -0.4 is 19.9 Å². The Kier molecular flexibility index (Phi) is 7.25. The number of ether oxygens (including phenoxy) is 4. The maximum absolute atomic E-state index is 12.7. The van der Waals surface area contributed by atoms with E-state index >= 15 is 0 Å². The molecule has 36 heavy (non-hydrogen) atoms. The average molecular weight is 498 g/mol. The molecule has 0 radical (unpaired) electrons. The molecule has 1 atom stereocenters. The second-order valence-electron chi connectivity index (χ2n) is 8.12. The summed E-state index contributed by atoms with van der Waals surface area (Å²) in [6.45, 7) is 5.12. The van der Waals surface area contributed by atoms with Crippen LogP contribution in [0.3, 0.4) is 0 Å². The molecule has 190 valence electrons. The van der Waals surface area contributed by atoms with E-state index in [4.69, 9.17) is 24.7 Å². The highest BCUT2D eigenvalue weighted by Crippen LogP contribution is 2.47. The first-order valence-electron chi connectivity index (χ1n) is 11.5. The molecule has 2 aromatic rings. The first kappa shape index (κ1) is 24.8. The molecular formula is C23H26N6O7. The number of amides is 1. The largest absolute Gasteiger partial charge is 0.490 e. The Hall–Kier alpha value is -4.31. The molecule has 0 aliphatic carbocycles. The molecule has 1 fully saturated rings. The van der Waals surface area contributed by atoms with Crippen LogP contribution in [0, 0.1) is 21.4 Å². The minimum Gasteiger partial charge on any atom is -0.490 e. The van der Waals surface area contributed by atoms with Gasteiger partial charge in [0, 0.05) is 30.4 Å². The average Bonchev–Trinajstić information content (AvgIpc) is 3.26. The van der Waals surface area contributed by atoms with Crippen molar-refractivity contribution in [2.45, 2.75) is 32.6 Å². The van der Waals surface area contributed by atoms with E-state index in [-0.39, 0.29) is 35.4 Å². The first-order chi connectivity index (χ1) is 17.4. The smallest absolute Gasteiger partial charge is 0.415 e. The van der Waals surface area contributed by atoms with Gasteiger partial charge in [0.2, 0.25) is 11.8 Å². The van der Waals surface area contributed by atoms with Crippen molar-refractivity contribution >= 4 is 11.8 Å². The van der Waals surface area contributed by atoms with Gasteiger partial charge in [0.1, 0.15) is 11.6 Å². The van der Waals surface area contributed by atoms with Crippen LogP contribution in [0.2, 0.25) is 0 Å². The summed E-state index contributed by atoms with van der Waals surface area (Å²) >= 11 is 0. The zero-order valence-electron chi connectivity index (χ0n) is 19.9. The number of fused-ring (bicyclic) bond motifs is 1. The normalized spacial score (nSPS) is 17.1. The van der Waals surface area contributed by atoms with Crippen molar-refractivity contribution in [3.05, 3.63) is 50.5 Å². The molecule has 1 aromatic heterocycles. The Morgan fingerprint density at radius 3 is 2.78 bits per heavy atom. The van der Waals surface area contributed by atoms with E-state index in [0.29, 0.717) is 43.9 Å². The molecule has 13 heteroatoms. The standard InChI is InChI=1S/C23H26N6O7/c1-3-5-15-19-18(14(12-24)21(25)36-22(19)27-26-15)13-10-16(29(31)32)20(17(11-13)34-4-2)35-23(30)28-6-8-33-9-7-28/h10-11,18H,3-9,25H2,1-2H3,(H,26,27). The van der Waals surface area contributed by atoms with Crippen molar-refractivity contribution in [3.63, 3.8) is 0 Å². The van der Waals surface area contributed by atoms with Crippen molar-refractivity contribution in [2.75, 3.05) is 32.9 Å². The Morgan fingerprint density at radius 1 is 1.39 bits per heavy atom. The van der Waals surface area contributed by atoms with Gasteiger partial charge in [0.05, 0.1) is 30.7 Å². The second-order valence-corrected chi connectivity index (χ2v) is 8.12. The number of nitrogens with one attached hydrogen (secondary N) is 1. The zero-order valence-corrected chi connectivity index (χ0v) is 19.9. The number of hydrogen-bond donors (Lipinski definition) is 2. The number of H-pyrrole nitrogens is 1. The summed E-state index contributed by atoms with van der Waals surface area (Å²) in [7, 11) is 0. The summed E-state index contributed by atoms with van der Waals surface area (Å²) in [5.74, 6) is -1.07. The number of benzene rings is 1. The lowest BCUT2D eigenvalue weighted by Crippen LogP contribution is -2.42. The highest BCUT2D eigenvalue weighted by atomic mass is 16.6. The minimum absolute atomic E-state index is 0.00671. The van der Waals surface area contributed by atoms with E-state index in [9.17, 15) is 20.2 Å². The quantitative estimate of drug-likeness (QED) is 0.426. The summed E-state index contributed by atoms with van der Waals surface area (Å²) < 4.78 is 22.0. The highest BCUT2D eigenvalue weighted by molar-refractivity contribution is 5.75. The van der Waals surface area contributed by atoms with Gasteiger partial charge in [-0.2, -0.15) is 5.26 Å². The van der Waals surface area contributed by atoms with Gasteiger partial charge in [-0.3, -0.25) is 15.2 Å². The van der Waals surface area contributed by atoms with Crippen LogP contribution >= 0.6 is 0 Å². The van der Waals surface area contributed by atoms with Crippen LogP contribution in [0.1, 0.15) is 43.0 Å². The van der Waals surface area contributed by atoms with Crippen LogP contribution in [-0.2, 0) is 11.2 Å². The highest BCUT2D eigenvalue weighted by Gasteiger charge is 2.38. The van der Waals surface area contributed by atoms with E-state index in [1.54, 1.807) is 6.92 Å². The van der Waals surface area contributed by atoms with Gasteiger partial charge in [0.15, 0.2) is 5.75 Å². The van der Waals surface area contributed by atoms with Gasteiger partial charge < -0.3 is 29.6 Å². The fourth-order valence-corrected chi connectivity index (χ4v) is 4.26. The number of carbonyl (C=O) groups excluding carboxylic acids is 1. The van der Waals surface area contributed by atoms with Crippen molar-refractivity contribution in [1.82, 2.24) is 15.1 Å². The number of rotatable bonds is 7.